The van der Waals surface area contributed by atoms with Gasteiger partial charge in [0.1, 0.15) is 10.8 Å². The third kappa shape index (κ3) is 2.97. The van der Waals surface area contributed by atoms with E-state index in [4.69, 9.17) is 0 Å². The molecule has 1 unspecified atom stereocenters. The Morgan fingerprint density at radius 3 is 2.73 bits per heavy atom. The molecule has 7 heteroatoms. The zero-order valence-corrected chi connectivity index (χ0v) is 16.0. The molecule has 0 amide bonds. The SMILES string of the molecule is CC1Cc2cc(-c3csc(-c4cccc(O)c4)n3)ccc2N1S(C)(=O)=O. The van der Waals surface area contributed by atoms with Crippen molar-refractivity contribution in [3.8, 4) is 27.6 Å². The lowest BCUT2D eigenvalue weighted by Crippen LogP contribution is -2.34. The number of anilines is 1. The lowest BCUT2D eigenvalue weighted by molar-refractivity contribution is 0.475. The van der Waals surface area contributed by atoms with Gasteiger partial charge in [0, 0.05) is 22.5 Å². The van der Waals surface area contributed by atoms with Crippen molar-refractivity contribution in [2.24, 2.45) is 0 Å². The summed E-state index contributed by atoms with van der Waals surface area (Å²) >= 11 is 1.52. The summed E-state index contributed by atoms with van der Waals surface area (Å²) in [4.78, 5) is 4.68. The Balaban J connectivity index is 1.70. The number of benzene rings is 2. The van der Waals surface area contributed by atoms with E-state index in [-0.39, 0.29) is 11.8 Å². The molecule has 5 nitrogen and oxygen atoms in total. The molecular formula is C19H18N2O3S2. The Labute approximate surface area is 156 Å². The number of hydrogen-bond acceptors (Lipinski definition) is 5. The van der Waals surface area contributed by atoms with E-state index >= 15 is 0 Å². The molecule has 1 aliphatic rings. The van der Waals surface area contributed by atoms with E-state index in [0.717, 1.165) is 33.1 Å². The summed E-state index contributed by atoms with van der Waals surface area (Å²) in [5.41, 5.74) is 4.47. The maximum atomic E-state index is 12.0. The molecule has 0 bridgehead atoms. The third-order valence-electron chi connectivity index (χ3n) is 4.48. The van der Waals surface area contributed by atoms with Crippen LogP contribution in [0.2, 0.25) is 0 Å². The number of hydrogen-bond donors (Lipinski definition) is 1. The molecule has 1 atom stereocenters. The van der Waals surface area contributed by atoms with Crippen molar-refractivity contribution in [2.45, 2.75) is 19.4 Å². The zero-order chi connectivity index (χ0) is 18.5. The molecule has 2 aromatic carbocycles. The first-order valence-electron chi connectivity index (χ1n) is 8.20. The summed E-state index contributed by atoms with van der Waals surface area (Å²) < 4.78 is 25.6. The second kappa shape index (κ2) is 6.10. The van der Waals surface area contributed by atoms with Crippen molar-refractivity contribution < 1.29 is 13.5 Å². The molecule has 0 fully saturated rings. The van der Waals surface area contributed by atoms with Crippen LogP contribution in [0, 0.1) is 0 Å². The van der Waals surface area contributed by atoms with Crippen molar-refractivity contribution in [2.75, 3.05) is 10.6 Å². The van der Waals surface area contributed by atoms with Crippen LogP contribution in [0.4, 0.5) is 5.69 Å². The molecule has 0 aliphatic carbocycles. The average molecular weight is 386 g/mol. The average Bonchev–Trinajstić information content (AvgIpc) is 3.17. The number of thiazole rings is 1. The Bertz CT molecular complexity index is 1090. The van der Waals surface area contributed by atoms with Gasteiger partial charge in [0.2, 0.25) is 10.0 Å². The number of phenols is 1. The normalized spacial score (nSPS) is 16.7. The molecule has 0 spiro atoms. The fraction of sp³-hybridized carbons (Fsp3) is 0.211. The highest BCUT2D eigenvalue weighted by molar-refractivity contribution is 7.92. The number of sulfonamides is 1. The zero-order valence-electron chi connectivity index (χ0n) is 14.4. The van der Waals surface area contributed by atoms with Gasteiger partial charge in [-0.1, -0.05) is 18.2 Å². The Hall–Kier alpha value is -2.38. The number of aromatic hydroxyl groups is 1. The second-order valence-corrected chi connectivity index (χ2v) is 9.26. The largest absolute Gasteiger partial charge is 0.508 e. The number of aromatic nitrogens is 1. The first-order chi connectivity index (χ1) is 12.3. The van der Waals surface area contributed by atoms with Gasteiger partial charge in [-0.15, -0.1) is 11.3 Å². The summed E-state index contributed by atoms with van der Waals surface area (Å²) in [6.45, 7) is 1.92. The molecule has 1 aliphatic heterocycles. The minimum absolute atomic E-state index is 0.0754. The predicted molar refractivity (Wildman–Crippen MR) is 105 cm³/mol. The molecule has 0 saturated carbocycles. The van der Waals surface area contributed by atoms with Crippen LogP contribution in [-0.4, -0.2) is 30.8 Å². The molecule has 3 aromatic rings. The Kier molecular flexibility index (Phi) is 4.00. The van der Waals surface area contributed by atoms with Gasteiger partial charge in [-0.2, -0.15) is 0 Å². The van der Waals surface area contributed by atoms with Gasteiger partial charge in [0.05, 0.1) is 17.6 Å². The van der Waals surface area contributed by atoms with Crippen LogP contribution in [0.5, 0.6) is 5.75 Å². The van der Waals surface area contributed by atoms with E-state index in [0.29, 0.717) is 6.42 Å². The van der Waals surface area contributed by atoms with Crippen molar-refractivity contribution in [3.63, 3.8) is 0 Å². The summed E-state index contributed by atoms with van der Waals surface area (Å²) in [6.07, 6.45) is 1.94. The summed E-state index contributed by atoms with van der Waals surface area (Å²) in [5, 5.41) is 12.5. The molecular weight excluding hydrogens is 368 g/mol. The van der Waals surface area contributed by atoms with Gasteiger partial charge in [-0.3, -0.25) is 4.31 Å². The monoisotopic (exact) mass is 386 g/mol. The number of phenolic OH excluding ortho intramolecular Hbond substituents is 1. The molecule has 0 radical (unpaired) electrons. The fourth-order valence-corrected chi connectivity index (χ4v) is 5.54. The van der Waals surface area contributed by atoms with Gasteiger partial charge in [0.25, 0.3) is 0 Å². The van der Waals surface area contributed by atoms with Crippen LogP contribution in [-0.2, 0) is 16.4 Å². The molecule has 2 heterocycles. The standard InChI is InChI=1S/C19H18N2O3S2/c1-12-8-15-9-13(6-7-18(15)21(12)26(2,23)24)17-11-25-19(20-17)14-4-3-5-16(22)10-14/h3-7,9-12,22H,8H2,1-2H3. The Morgan fingerprint density at radius 1 is 1.19 bits per heavy atom. The van der Waals surface area contributed by atoms with Crippen molar-refractivity contribution in [3.05, 3.63) is 53.4 Å². The number of rotatable bonds is 3. The van der Waals surface area contributed by atoms with Crippen molar-refractivity contribution in [1.82, 2.24) is 4.98 Å². The van der Waals surface area contributed by atoms with Crippen LogP contribution in [0.3, 0.4) is 0 Å². The quantitative estimate of drug-likeness (QED) is 0.741. The third-order valence-corrected chi connectivity index (χ3v) is 6.65. The van der Waals surface area contributed by atoms with E-state index in [2.05, 4.69) is 4.98 Å². The molecule has 134 valence electrons. The van der Waals surface area contributed by atoms with Gasteiger partial charge in [0.15, 0.2) is 0 Å². The second-order valence-electron chi connectivity index (χ2n) is 6.54. The molecule has 0 saturated heterocycles. The van der Waals surface area contributed by atoms with Gasteiger partial charge in [-0.05, 0) is 43.2 Å². The molecule has 4 rings (SSSR count). The topological polar surface area (TPSA) is 70.5 Å². The minimum Gasteiger partial charge on any atom is -0.508 e. The lowest BCUT2D eigenvalue weighted by Gasteiger charge is -2.21. The maximum absolute atomic E-state index is 12.0. The summed E-state index contributed by atoms with van der Waals surface area (Å²) in [5.74, 6) is 0.214. The summed E-state index contributed by atoms with van der Waals surface area (Å²) in [7, 11) is -3.28. The highest BCUT2D eigenvalue weighted by atomic mass is 32.2. The predicted octanol–water partition coefficient (Wildman–Crippen LogP) is 3.89. The summed E-state index contributed by atoms with van der Waals surface area (Å²) in [6, 6.07) is 12.8. The van der Waals surface area contributed by atoms with Crippen LogP contribution >= 0.6 is 11.3 Å². The van der Waals surface area contributed by atoms with E-state index in [1.54, 1.807) is 18.2 Å². The number of fused-ring (bicyclic) bond motifs is 1. The lowest BCUT2D eigenvalue weighted by atomic mass is 10.1. The highest BCUT2D eigenvalue weighted by Crippen LogP contribution is 2.38. The van der Waals surface area contributed by atoms with Crippen LogP contribution in [0.15, 0.2) is 47.8 Å². The maximum Gasteiger partial charge on any atom is 0.232 e. The van der Waals surface area contributed by atoms with Crippen molar-refractivity contribution >= 4 is 27.0 Å². The first kappa shape index (κ1) is 17.1. The van der Waals surface area contributed by atoms with E-state index in [9.17, 15) is 13.5 Å². The van der Waals surface area contributed by atoms with Gasteiger partial charge < -0.3 is 5.11 Å². The van der Waals surface area contributed by atoms with Crippen molar-refractivity contribution in [1.29, 1.82) is 0 Å². The minimum atomic E-state index is -3.28. The number of nitrogens with zero attached hydrogens (tertiary/aromatic N) is 2. The Morgan fingerprint density at radius 2 is 2.00 bits per heavy atom. The molecule has 26 heavy (non-hydrogen) atoms. The van der Waals surface area contributed by atoms with E-state index in [1.807, 2.05) is 36.6 Å². The van der Waals surface area contributed by atoms with E-state index in [1.165, 1.54) is 21.9 Å². The van der Waals surface area contributed by atoms with E-state index < -0.39 is 10.0 Å². The van der Waals surface area contributed by atoms with Crippen LogP contribution < -0.4 is 4.31 Å². The molecule has 1 aromatic heterocycles. The smallest absolute Gasteiger partial charge is 0.232 e. The van der Waals surface area contributed by atoms with Crippen LogP contribution in [0.25, 0.3) is 21.8 Å². The van der Waals surface area contributed by atoms with Gasteiger partial charge >= 0.3 is 0 Å². The highest BCUT2D eigenvalue weighted by Gasteiger charge is 2.32. The molecule has 1 N–H and O–H groups in total. The first-order valence-corrected chi connectivity index (χ1v) is 10.9. The van der Waals surface area contributed by atoms with Gasteiger partial charge in [-0.25, -0.2) is 13.4 Å². The van der Waals surface area contributed by atoms with Crippen LogP contribution in [0.1, 0.15) is 12.5 Å². The fourth-order valence-electron chi connectivity index (χ4n) is 3.45.